The number of unbranched alkanes of at least 4 members (excludes halogenated alkanes) is 6. The summed E-state index contributed by atoms with van der Waals surface area (Å²) in [4.78, 5) is 55.2. The van der Waals surface area contributed by atoms with Crippen molar-refractivity contribution in [3.63, 3.8) is 0 Å². The van der Waals surface area contributed by atoms with E-state index in [0.29, 0.717) is 24.2 Å². The maximum atomic E-state index is 5.60. The van der Waals surface area contributed by atoms with Crippen LogP contribution in [0.5, 0.6) is 0 Å². The molecule has 6 aliphatic heterocycles. The number of piperidine rings is 5. The van der Waals surface area contributed by atoms with Crippen molar-refractivity contribution >= 4 is 23.8 Å². The number of aromatic nitrogens is 6. The molecule has 17 heteroatoms. The fourth-order valence-electron chi connectivity index (χ4n) is 16.9. The fraction of sp³-hybridized carbons (Fsp3) is 0.915. The van der Waals surface area contributed by atoms with Crippen LogP contribution in [0.25, 0.3) is 0 Å². The molecule has 0 spiro atoms. The van der Waals surface area contributed by atoms with Gasteiger partial charge in [0.15, 0.2) is 0 Å². The SMILES string of the molecule is Cc1nc(N2CCCCC2)nc(N(CCCCCCN(C)C2CC(C)(C)N(C)C(C)(C)C2)C2CC(C)(C)N(C)C(C)(C)C2)n1.Cc1nc(N2CCOCC2)nc(N(CCCCCCN(C)C2CC(C)(C)N(C)C(C)(C)C2)C2CC(C)(C)N(C)C(C)(C)C2)n1. The van der Waals surface area contributed by atoms with E-state index in [4.69, 9.17) is 34.6 Å². The molecule has 0 N–H and O–H groups in total. The van der Waals surface area contributed by atoms with E-state index in [1.807, 2.05) is 13.8 Å². The third-order valence-electron chi connectivity index (χ3n) is 23.5. The number of likely N-dealkylation sites (tertiary alicyclic amines) is 4. The van der Waals surface area contributed by atoms with Gasteiger partial charge in [0.25, 0.3) is 0 Å². The Kier molecular flexibility index (Phi) is 23.9. The molecule has 0 unspecified atom stereocenters. The lowest BCUT2D eigenvalue weighted by atomic mass is 9.77. The lowest BCUT2D eigenvalue weighted by molar-refractivity contribution is -0.0428. The van der Waals surface area contributed by atoms with Crippen LogP contribution in [-0.2, 0) is 4.74 Å². The van der Waals surface area contributed by atoms with Gasteiger partial charge in [0, 0.05) is 108 Å². The van der Waals surface area contributed by atoms with Crippen LogP contribution >= 0.6 is 0 Å². The fourth-order valence-corrected chi connectivity index (χ4v) is 16.9. The Hall–Kier alpha value is -3.06. The van der Waals surface area contributed by atoms with Crippen LogP contribution in [0.4, 0.5) is 23.8 Å². The highest BCUT2D eigenvalue weighted by molar-refractivity contribution is 5.42. The smallest absolute Gasteiger partial charge is 0.230 e. The van der Waals surface area contributed by atoms with E-state index in [1.54, 1.807) is 0 Å². The second-order valence-electron chi connectivity index (χ2n) is 33.8. The zero-order chi connectivity index (χ0) is 65.0. The van der Waals surface area contributed by atoms with E-state index in [-0.39, 0.29) is 44.3 Å². The van der Waals surface area contributed by atoms with E-state index in [0.717, 1.165) is 120 Å². The molecule has 8 heterocycles. The monoisotopic (exact) mass is 1230 g/mol. The van der Waals surface area contributed by atoms with Gasteiger partial charge < -0.3 is 34.1 Å². The average Bonchev–Trinajstić information content (AvgIpc) is 1.32. The van der Waals surface area contributed by atoms with Crippen LogP contribution in [0.15, 0.2) is 0 Å². The predicted octanol–water partition coefficient (Wildman–Crippen LogP) is 12.4. The Morgan fingerprint density at radius 3 is 0.932 bits per heavy atom. The molecule has 0 bridgehead atoms. The summed E-state index contributed by atoms with van der Waals surface area (Å²) in [5, 5.41) is 0. The minimum atomic E-state index is 0.0986. The maximum Gasteiger partial charge on any atom is 0.230 e. The molecule has 0 amide bonds. The summed E-state index contributed by atoms with van der Waals surface area (Å²) < 4.78 is 5.60. The van der Waals surface area contributed by atoms with Gasteiger partial charge in [-0.2, -0.15) is 29.9 Å². The van der Waals surface area contributed by atoms with Gasteiger partial charge in [-0.3, -0.25) is 19.6 Å². The summed E-state index contributed by atoms with van der Waals surface area (Å²) in [5.41, 5.74) is 1.37. The summed E-state index contributed by atoms with van der Waals surface area (Å²) in [5.74, 6) is 5.08. The standard InChI is InChI=1S/C36H68N8.C35H66N8O/c1-28-37-31(43-21-17-15-18-22-43)39-32(38-28)44(30-26-35(6,7)42(12)36(8,9)27-30)23-19-14-13-16-20-40(10)29-24-33(2,3)41(11)34(4,5)25-29;1-27-36-30(42-19-21-44-22-20-42)38-31(37-27)43(29-25-34(6,7)41(12)35(8,9)26-29)18-16-14-13-15-17-39(10)28-23-32(2,3)40(11)33(4,5)24-28/h29-30H,13-27H2,1-12H3;28-29H,13-26H2,1-12H3. The number of hydrogen-bond donors (Lipinski definition) is 0. The van der Waals surface area contributed by atoms with E-state index < -0.39 is 0 Å². The van der Waals surface area contributed by atoms with Gasteiger partial charge in [-0.05, 0) is 276 Å². The second kappa shape index (κ2) is 29.1. The molecule has 0 atom stereocenters. The van der Waals surface area contributed by atoms with Crippen LogP contribution in [0.1, 0.15) is 244 Å². The first-order chi connectivity index (χ1) is 40.9. The van der Waals surface area contributed by atoms with Crippen molar-refractivity contribution in [2.45, 2.75) is 315 Å². The minimum absolute atomic E-state index is 0.0986. The third-order valence-corrected chi connectivity index (χ3v) is 23.5. The van der Waals surface area contributed by atoms with Crippen LogP contribution < -0.4 is 19.6 Å². The molecule has 17 nitrogen and oxygen atoms in total. The van der Waals surface area contributed by atoms with E-state index in [1.165, 1.54) is 103 Å². The first-order valence-corrected chi connectivity index (χ1v) is 35.3. The predicted molar refractivity (Wildman–Crippen MR) is 371 cm³/mol. The molecule has 0 aliphatic carbocycles. The molecule has 6 aliphatic rings. The Bertz CT molecular complexity index is 2260. The van der Waals surface area contributed by atoms with Gasteiger partial charge in [-0.1, -0.05) is 25.7 Å². The zero-order valence-corrected chi connectivity index (χ0v) is 61.4. The van der Waals surface area contributed by atoms with Crippen LogP contribution in [0, 0.1) is 13.8 Å². The molecule has 8 rings (SSSR count). The summed E-state index contributed by atoms with van der Waals surface area (Å²) >= 11 is 0. The van der Waals surface area contributed by atoms with Crippen molar-refractivity contribution < 1.29 is 4.74 Å². The summed E-state index contributed by atoms with van der Waals surface area (Å²) in [7, 11) is 13.9. The van der Waals surface area contributed by atoms with Crippen LogP contribution in [0.3, 0.4) is 0 Å². The maximum absolute atomic E-state index is 5.60. The normalized spacial score (nSPS) is 24.6. The third kappa shape index (κ3) is 18.2. The molecule has 6 saturated heterocycles. The van der Waals surface area contributed by atoms with Crippen LogP contribution in [-0.4, -0.2) is 236 Å². The van der Waals surface area contributed by atoms with E-state index >= 15 is 0 Å². The summed E-state index contributed by atoms with van der Waals surface area (Å²) in [6.07, 6.45) is 23.0. The van der Waals surface area contributed by atoms with Gasteiger partial charge in [-0.25, -0.2) is 0 Å². The molecule has 0 radical (unpaired) electrons. The van der Waals surface area contributed by atoms with Crippen molar-refractivity contribution in [2.75, 3.05) is 127 Å². The van der Waals surface area contributed by atoms with Crippen molar-refractivity contribution in [3.05, 3.63) is 11.6 Å². The number of rotatable bonds is 22. The number of hydrogen-bond acceptors (Lipinski definition) is 17. The quantitative estimate of drug-likeness (QED) is 0.104. The first kappa shape index (κ1) is 72.4. The first-order valence-electron chi connectivity index (χ1n) is 35.3. The molecule has 2 aromatic rings. The lowest BCUT2D eigenvalue weighted by Crippen LogP contribution is -2.63. The number of ether oxygens (including phenoxy) is 1. The van der Waals surface area contributed by atoms with E-state index in [9.17, 15) is 0 Å². The molecule has 0 saturated carbocycles. The highest BCUT2D eigenvalue weighted by atomic mass is 16.5. The molecular weight excluding hydrogens is 1090 g/mol. The Labute approximate surface area is 539 Å². The van der Waals surface area contributed by atoms with Gasteiger partial charge in [0.05, 0.1) is 13.2 Å². The topological polar surface area (TPSA) is 119 Å². The van der Waals surface area contributed by atoms with E-state index in [2.05, 4.69) is 202 Å². The highest BCUT2D eigenvalue weighted by Crippen LogP contribution is 2.44. The van der Waals surface area contributed by atoms with Crippen LogP contribution in [0.2, 0.25) is 0 Å². The Morgan fingerprint density at radius 2 is 0.625 bits per heavy atom. The Morgan fingerprint density at radius 1 is 0.352 bits per heavy atom. The number of aryl methyl sites for hydroxylation is 2. The molecule has 88 heavy (non-hydrogen) atoms. The largest absolute Gasteiger partial charge is 0.378 e. The van der Waals surface area contributed by atoms with Crippen molar-refractivity contribution in [3.8, 4) is 0 Å². The molecule has 2 aromatic heterocycles. The van der Waals surface area contributed by atoms with Gasteiger partial charge in [0.2, 0.25) is 23.8 Å². The van der Waals surface area contributed by atoms with Gasteiger partial charge in [-0.15, -0.1) is 0 Å². The molecule has 0 aromatic carbocycles. The Balaban J connectivity index is 0.000000251. The van der Waals surface area contributed by atoms with Crippen molar-refractivity contribution in [2.24, 2.45) is 0 Å². The highest BCUT2D eigenvalue weighted by Gasteiger charge is 2.49. The van der Waals surface area contributed by atoms with Crippen molar-refractivity contribution in [1.82, 2.24) is 59.3 Å². The second-order valence-corrected chi connectivity index (χ2v) is 33.8. The summed E-state index contributed by atoms with van der Waals surface area (Å²) in [6.45, 7) is 52.1. The lowest BCUT2D eigenvalue weighted by Gasteiger charge is -2.55. The zero-order valence-electron chi connectivity index (χ0n) is 61.4. The molecule has 504 valence electrons. The average molecular weight is 1230 g/mol. The van der Waals surface area contributed by atoms with Gasteiger partial charge >= 0.3 is 0 Å². The molecule has 6 fully saturated rings. The number of morpholine rings is 1. The number of nitrogens with zero attached hydrogens (tertiary/aromatic N) is 16. The summed E-state index contributed by atoms with van der Waals surface area (Å²) in [6, 6.07) is 2.10. The van der Waals surface area contributed by atoms with Gasteiger partial charge in [0.1, 0.15) is 11.6 Å². The minimum Gasteiger partial charge on any atom is -0.378 e. The number of anilines is 4. The molecular formula is C71H134N16O. The van der Waals surface area contributed by atoms with Crippen molar-refractivity contribution in [1.29, 1.82) is 0 Å².